The maximum absolute atomic E-state index is 13.1. The molecule has 9 nitrogen and oxygen atoms in total. The van der Waals surface area contributed by atoms with E-state index in [0.717, 1.165) is 24.1 Å². The Balaban J connectivity index is 1.44. The Morgan fingerprint density at radius 1 is 1.21 bits per heavy atom. The van der Waals surface area contributed by atoms with Gasteiger partial charge in [-0.2, -0.15) is 0 Å². The van der Waals surface area contributed by atoms with Crippen molar-refractivity contribution in [3.8, 4) is 11.5 Å². The summed E-state index contributed by atoms with van der Waals surface area (Å²) in [4.78, 5) is 15.4. The predicted octanol–water partition coefficient (Wildman–Crippen LogP) is 1.76. The van der Waals surface area contributed by atoms with Crippen molar-refractivity contribution in [2.75, 3.05) is 60.8 Å². The number of hydrogen-bond donors (Lipinski definition) is 1. The van der Waals surface area contributed by atoms with E-state index in [1.54, 1.807) is 20.3 Å². The number of likely N-dealkylation sites (N-methyl/N-ethyl adjacent to an activating group) is 1. The Bertz CT molecular complexity index is 980. The van der Waals surface area contributed by atoms with Gasteiger partial charge in [-0.1, -0.05) is 6.07 Å². The fourth-order valence-corrected chi connectivity index (χ4v) is 6.43. The Kier molecular flexibility index (Phi) is 6.22. The summed E-state index contributed by atoms with van der Waals surface area (Å²) in [5.41, 5.74) is 0.609. The first kappa shape index (κ1) is 23.4. The van der Waals surface area contributed by atoms with Crippen LogP contribution in [0.4, 0.5) is 0 Å². The lowest BCUT2D eigenvalue weighted by atomic mass is 9.50. The summed E-state index contributed by atoms with van der Waals surface area (Å²) in [7, 11) is 5.30. The molecule has 4 aliphatic rings. The lowest BCUT2D eigenvalue weighted by Gasteiger charge is -2.62. The quantitative estimate of drug-likeness (QED) is 0.401. The number of rotatable bonds is 10. The summed E-state index contributed by atoms with van der Waals surface area (Å²) in [5.74, 6) is 1.04. The number of methoxy groups -OCH3 is 2. The number of aliphatic hydroxyl groups excluding tert-OH is 1. The van der Waals surface area contributed by atoms with Gasteiger partial charge in [-0.05, 0) is 44.1 Å². The number of likely N-dealkylation sites (tertiary alicyclic amines) is 1. The highest BCUT2D eigenvalue weighted by atomic mass is 16.6. The van der Waals surface area contributed by atoms with E-state index in [1.165, 1.54) is 0 Å². The van der Waals surface area contributed by atoms with E-state index in [4.69, 9.17) is 28.4 Å². The molecule has 0 amide bonds. The molecule has 0 radical (unpaired) electrons. The minimum atomic E-state index is -0.878. The Hall–Kier alpha value is -2.33. The van der Waals surface area contributed by atoms with E-state index in [9.17, 15) is 9.90 Å². The molecule has 1 aromatic rings. The van der Waals surface area contributed by atoms with E-state index in [0.29, 0.717) is 44.2 Å². The van der Waals surface area contributed by atoms with Gasteiger partial charge in [0.25, 0.3) is 0 Å². The van der Waals surface area contributed by atoms with Gasteiger partial charge in [-0.15, -0.1) is 0 Å². The van der Waals surface area contributed by atoms with Crippen LogP contribution in [-0.2, 0) is 35.6 Å². The Morgan fingerprint density at radius 2 is 2.00 bits per heavy atom. The van der Waals surface area contributed by atoms with Crippen LogP contribution in [0.5, 0.6) is 11.5 Å². The summed E-state index contributed by atoms with van der Waals surface area (Å²) >= 11 is 0. The minimum absolute atomic E-state index is 0.0510. The van der Waals surface area contributed by atoms with Gasteiger partial charge < -0.3 is 33.5 Å². The van der Waals surface area contributed by atoms with Crippen LogP contribution in [0.2, 0.25) is 0 Å². The van der Waals surface area contributed by atoms with E-state index < -0.39 is 23.1 Å². The lowest BCUT2D eigenvalue weighted by Crippen LogP contribution is -2.75. The molecule has 2 heterocycles. The first-order valence-electron chi connectivity index (χ1n) is 11.8. The summed E-state index contributed by atoms with van der Waals surface area (Å²) in [6.45, 7) is 2.30. The standard InChI is InChI=1S/C25H33NO8/c1-26-9-8-24-21-16-4-5-18(30-3)22(21)33-23(24)17(27)6-7-25(24,19(26)14-16)34-20(28)15-32-13-12-31-11-10-29-2/h4-6,19,23,27H,7-15H2,1-3H3/t19-,23?,24+,25-/m1/s1. The van der Waals surface area contributed by atoms with Crippen molar-refractivity contribution in [3.05, 3.63) is 35.1 Å². The van der Waals surface area contributed by atoms with Crippen molar-refractivity contribution >= 4 is 5.97 Å². The Labute approximate surface area is 199 Å². The van der Waals surface area contributed by atoms with Crippen LogP contribution in [0.25, 0.3) is 0 Å². The van der Waals surface area contributed by atoms with Crippen LogP contribution >= 0.6 is 0 Å². The van der Waals surface area contributed by atoms with Gasteiger partial charge in [-0.3, -0.25) is 4.90 Å². The summed E-state index contributed by atoms with van der Waals surface area (Å²) < 4.78 is 34.2. The van der Waals surface area contributed by atoms with Crippen molar-refractivity contribution < 1.29 is 38.3 Å². The van der Waals surface area contributed by atoms with Crippen molar-refractivity contribution in [1.82, 2.24) is 4.90 Å². The third-order valence-corrected chi connectivity index (χ3v) is 7.86. The minimum Gasteiger partial charge on any atom is -0.509 e. The van der Waals surface area contributed by atoms with Gasteiger partial charge in [0.05, 0.1) is 45.0 Å². The van der Waals surface area contributed by atoms with Crippen LogP contribution in [0.1, 0.15) is 24.0 Å². The second kappa shape index (κ2) is 9.03. The van der Waals surface area contributed by atoms with E-state index in [1.807, 2.05) is 6.07 Å². The van der Waals surface area contributed by atoms with Gasteiger partial charge in [0.1, 0.15) is 18.0 Å². The third kappa shape index (κ3) is 3.32. The zero-order valence-corrected chi connectivity index (χ0v) is 20.0. The molecule has 1 fully saturated rings. The number of ether oxygens (including phenoxy) is 6. The van der Waals surface area contributed by atoms with Crippen LogP contribution in [0.15, 0.2) is 24.0 Å². The van der Waals surface area contributed by atoms with Gasteiger partial charge >= 0.3 is 5.97 Å². The highest BCUT2D eigenvalue weighted by Gasteiger charge is 2.74. The fourth-order valence-electron chi connectivity index (χ4n) is 6.43. The predicted molar refractivity (Wildman–Crippen MR) is 121 cm³/mol. The number of carbonyl (C=O) groups is 1. The molecule has 1 unspecified atom stereocenters. The topological polar surface area (TPSA) is 95.9 Å². The SMILES string of the molecule is COCCOCCOCC(=O)O[C@@]12CC=C(O)C3Oc4c(OC)ccc5c4[C@@]31CCN(C)[C@@H]2C5. The van der Waals surface area contributed by atoms with E-state index in [2.05, 4.69) is 18.0 Å². The maximum atomic E-state index is 13.1. The van der Waals surface area contributed by atoms with Crippen LogP contribution in [0, 0.1) is 0 Å². The lowest BCUT2D eigenvalue weighted by molar-refractivity contribution is -0.208. The first-order chi connectivity index (χ1) is 16.5. The number of aliphatic hydroxyl groups is 1. The molecule has 1 saturated heterocycles. The molecular weight excluding hydrogens is 442 g/mol. The van der Waals surface area contributed by atoms with Crippen molar-refractivity contribution in [3.63, 3.8) is 0 Å². The zero-order valence-electron chi connectivity index (χ0n) is 20.0. The molecule has 9 heteroatoms. The highest BCUT2D eigenvalue weighted by Crippen LogP contribution is 2.66. The normalized spacial score (nSPS) is 30.9. The largest absolute Gasteiger partial charge is 0.509 e. The molecule has 0 aromatic heterocycles. The molecule has 1 spiro atoms. The van der Waals surface area contributed by atoms with Gasteiger partial charge in [0, 0.05) is 19.1 Å². The first-order valence-corrected chi connectivity index (χ1v) is 11.8. The van der Waals surface area contributed by atoms with Crippen molar-refractivity contribution in [2.45, 2.75) is 42.4 Å². The summed E-state index contributed by atoms with van der Waals surface area (Å²) in [6.07, 6.45) is 2.95. The second-order valence-corrected chi connectivity index (χ2v) is 9.41. The number of carbonyl (C=O) groups excluding carboxylic acids is 1. The number of hydrogen-bond acceptors (Lipinski definition) is 9. The zero-order chi connectivity index (χ0) is 23.9. The van der Waals surface area contributed by atoms with Gasteiger partial charge in [-0.25, -0.2) is 4.79 Å². The highest BCUT2D eigenvalue weighted by molar-refractivity contribution is 5.73. The smallest absolute Gasteiger partial charge is 0.332 e. The van der Waals surface area contributed by atoms with E-state index in [-0.39, 0.29) is 25.0 Å². The van der Waals surface area contributed by atoms with Crippen molar-refractivity contribution in [1.29, 1.82) is 0 Å². The fraction of sp³-hybridized carbons (Fsp3) is 0.640. The average molecular weight is 476 g/mol. The molecule has 2 aliphatic heterocycles. The number of nitrogens with zero attached hydrogens (tertiary/aromatic N) is 1. The van der Waals surface area contributed by atoms with Crippen LogP contribution in [-0.4, -0.2) is 94.6 Å². The maximum Gasteiger partial charge on any atom is 0.332 e. The molecule has 0 saturated carbocycles. The molecule has 2 aliphatic carbocycles. The van der Waals surface area contributed by atoms with Crippen LogP contribution < -0.4 is 9.47 Å². The molecule has 4 atom stereocenters. The molecule has 2 bridgehead atoms. The monoisotopic (exact) mass is 475 g/mol. The summed E-state index contributed by atoms with van der Waals surface area (Å²) in [6, 6.07) is 3.94. The molecule has 1 aromatic carbocycles. The number of esters is 1. The molecule has 34 heavy (non-hydrogen) atoms. The molecular formula is C25H33NO8. The van der Waals surface area contributed by atoms with E-state index >= 15 is 0 Å². The molecule has 1 N–H and O–H groups in total. The third-order valence-electron chi connectivity index (χ3n) is 7.86. The molecule has 186 valence electrons. The second-order valence-electron chi connectivity index (χ2n) is 9.41. The Morgan fingerprint density at radius 3 is 2.79 bits per heavy atom. The van der Waals surface area contributed by atoms with Crippen LogP contribution in [0.3, 0.4) is 0 Å². The number of benzene rings is 1. The van der Waals surface area contributed by atoms with Crippen molar-refractivity contribution in [2.24, 2.45) is 0 Å². The molecule has 5 rings (SSSR count). The van der Waals surface area contributed by atoms with Gasteiger partial charge in [0.2, 0.25) is 0 Å². The van der Waals surface area contributed by atoms with Gasteiger partial charge in [0.15, 0.2) is 17.6 Å². The number of piperidine rings is 1. The summed E-state index contributed by atoms with van der Waals surface area (Å²) in [5, 5.41) is 10.9. The average Bonchev–Trinajstić information content (AvgIpc) is 3.19.